The van der Waals surface area contributed by atoms with Gasteiger partial charge in [-0.2, -0.15) is 0 Å². The Labute approximate surface area is 156 Å². The predicted molar refractivity (Wildman–Crippen MR) is 104 cm³/mol. The van der Waals surface area contributed by atoms with Gasteiger partial charge in [0, 0.05) is 12.6 Å². The molecule has 140 valence electrons. The van der Waals surface area contributed by atoms with Gasteiger partial charge < -0.3 is 19.5 Å². The number of fused-ring (bicyclic) bond motifs is 1. The van der Waals surface area contributed by atoms with Gasteiger partial charge in [0.05, 0.1) is 7.11 Å². The molecule has 0 fully saturated rings. The summed E-state index contributed by atoms with van der Waals surface area (Å²) >= 11 is 0. The van der Waals surface area contributed by atoms with Gasteiger partial charge in [-0.3, -0.25) is 0 Å². The Balaban J connectivity index is 1.77. The Morgan fingerprint density at radius 3 is 2.27 bits per heavy atom. The maximum absolute atomic E-state index is 5.75. The number of rotatable bonds is 6. The molecule has 1 aliphatic heterocycles. The highest BCUT2D eigenvalue weighted by Gasteiger charge is 2.19. The third-order valence-corrected chi connectivity index (χ3v) is 4.84. The first kappa shape index (κ1) is 18.6. The van der Waals surface area contributed by atoms with Gasteiger partial charge in [0.15, 0.2) is 11.5 Å². The molecule has 26 heavy (non-hydrogen) atoms. The lowest BCUT2D eigenvalue weighted by atomic mass is 9.95. The number of aryl methyl sites for hydroxylation is 2. The molecule has 1 N–H and O–H groups in total. The van der Waals surface area contributed by atoms with Gasteiger partial charge in [-0.25, -0.2) is 0 Å². The molecular weight excluding hydrogens is 326 g/mol. The minimum absolute atomic E-state index is 0.244. The highest BCUT2D eigenvalue weighted by molar-refractivity contribution is 5.45. The molecule has 1 heterocycles. The van der Waals surface area contributed by atoms with Crippen molar-refractivity contribution in [1.29, 1.82) is 0 Å². The molecule has 0 spiro atoms. The first-order valence-electron chi connectivity index (χ1n) is 9.26. The van der Waals surface area contributed by atoms with E-state index in [-0.39, 0.29) is 6.04 Å². The topological polar surface area (TPSA) is 39.7 Å². The largest absolute Gasteiger partial charge is 0.496 e. The molecule has 4 nitrogen and oxygen atoms in total. The lowest BCUT2D eigenvalue weighted by Gasteiger charge is -2.26. The molecule has 0 aliphatic carbocycles. The second-order valence-electron chi connectivity index (χ2n) is 7.27. The van der Waals surface area contributed by atoms with Crippen LogP contribution in [-0.4, -0.2) is 20.3 Å². The zero-order valence-electron chi connectivity index (χ0n) is 16.4. The van der Waals surface area contributed by atoms with Crippen LogP contribution in [0.5, 0.6) is 17.2 Å². The monoisotopic (exact) mass is 355 g/mol. The van der Waals surface area contributed by atoms with Gasteiger partial charge >= 0.3 is 0 Å². The maximum atomic E-state index is 5.75. The predicted octanol–water partition coefficient (Wildman–Crippen LogP) is 4.57. The van der Waals surface area contributed by atoms with E-state index < -0.39 is 0 Å². The van der Waals surface area contributed by atoms with Crippen molar-refractivity contribution in [2.45, 2.75) is 40.3 Å². The third-order valence-electron chi connectivity index (χ3n) is 4.84. The Morgan fingerprint density at radius 2 is 1.65 bits per heavy atom. The third kappa shape index (κ3) is 3.96. The quantitative estimate of drug-likeness (QED) is 0.824. The Morgan fingerprint density at radius 1 is 1.00 bits per heavy atom. The van der Waals surface area contributed by atoms with Crippen LogP contribution in [0.2, 0.25) is 0 Å². The molecule has 0 amide bonds. The summed E-state index contributed by atoms with van der Waals surface area (Å²) in [6.07, 6.45) is 0. The molecule has 1 atom stereocenters. The zero-order valence-corrected chi connectivity index (χ0v) is 16.4. The van der Waals surface area contributed by atoms with E-state index in [1.165, 1.54) is 22.3 Å². The van der Waals surface area contributed by atoms with Crippen molar-refractivity contribution in [3.63, 3.8) is 0 Å². The van der Waals surface area contributed by atoms with E-state index in [9.17, 15) is 0 Å². The number of methoxy groups -OCH3 is 1. The summed E-state index contributed by atoms with van der Waals surface area (Å²) in [5.74, 6) is 3.11. The Bertz CT molecular complexity index is 747. The van der Waals surface area contributed by atoms with E-state index in [4.69, 9.17) is 14.2 Å². The summed E-state index contributed by atoms with van der Waals surface area (Å²) in [5.41, 5.74) is 4.84. The van der Waals surface area contributed by atoms with E-state index in [0.717, 1.165) is 23.8 Å². The molecule has 2 aromatic rings. The average Bonchev–Trinajstić information content (AvgIpc) is 2.61. The molecule has 1 aliphatic rings. The first-order chi connectivity index (χ1) is 12.5. The van der Waals surface area contributed by atoms with Crippen LogP contribution in [0.1, 0.15) is 42.1 Å². The number of hydrogen-bond acceptors (Lipinski definition) is 4. The molecule has 2 aromatic carbocycles. The summed E-state index contributed by atoms with van der Waals surface area (Å²) in [5, 5.41) is 3.71. The molecule has 4 heteroatoms. The summed E-state index contributed by atoms with van der Waals surface area (Å²) in [4.78, 5) is 0. The molecule has 1 unspecified atom stereocenters. The van der Waals surface area contributed by atoms with Gasteiger partial charge in [0.2, 0.25) is 0 Å². The summed E-state index contributed by atoms with van der Waals surface area (Å²) in [6, 6.07) is 10.9. The van der Waals surface area contributed by atoms with Crippen LogP contribution in [0.25, 0.3) is 0 Å². The van der Waals surface area contributed by atoms with Crippen molar-refractivity contribution in [3.8, 4) is 17.2 Å². The Kier molecular flexibility index (Phi) is 5.72. The lowest BCUT2D eigenvalue weighted by Crippen LogP contribution is -2.26. The normalized spacial score (nSPS) is 14.4. The molecular formula is C22H29NO3. The van der Waals surface area contributed by atoms with Gasteiger partial charge in [0.1, 0.15) is 19.0 Å². The van der Waals surface area contributed by atoms with Crippen LogP contribution in [-0.2, 0) is 6.54 Å². The minimum Gasteiger partial charge on any atom is -0.496 e. The van der Waals surface area contributed by atoms with Crippen molar-refractivity contribution in [2.75, 3.05) is 20.3 Å². The molecule has 3 rings (SSSR count). The maximum Gasteiger partial charge on any atom is 0.161 e. The van der Waals surface area contributed by atoms with Crippen molar-refractivity contribution in [3.05, 3.63) is 52.6 Å². The van der Waals surface area contributed by atoms with Crippen molar-refractivity contribution < 1.29 is 14.2 Å². The number of nitrogens with one attached hydrogen (secondary N) is 1. The van der Waals surface area contributed by atoms with Gasteiger partial charge in [-0.1, -0.05) is 32.0 Å². The van der Waals surface area contributed by atoms with Crippen molar-refractivity contribution in [1.82, 2.24) is 5.32 Å². The van der Waals surface area contributed by atoms with E-state index in [1.807, 2.05) is 6.07 Å². The Hall–Kier alpha value is -2.20. The second-order valence-corrected chi connectivity index (χ2v) is 7.27. The van der Waals surface area contributed by atoms with Crippen LogP contribution in [0.15, 0.2) is 30.3 Å². The van der Waals surface area contributed by atoms with Crippen LogP contribution in [0.4, 0.5) is 0 Å². The molecule has 0 saturated carbocycles. The highest BCUT2D eigenvalue weighted by Crippen LogP contribution is 2.34. The van der Waals surface area contributed by atoms with Crippen LogP contribution < -0.4 is 19.5 Å². The van der Waals surface area contributed by atoms with E-state index in [2.05, 4.69) is 57.3 Å². The van der Waals surface area contributed by atoms with E-state index in [1.54, 1.807) is 7.11 Å². The van der Waals surface area contributed by atoms with E-state index in [0.29, 0.717) is 19.1 Å². The fourth-order valence-electron chi connectivity index (χ4n) is 3.68. The highest BCUT2D eigenvalue weighted by atomic mass is 16.6. The number of benzene rings is 2. The summed E-state index contributed by atoms with van der Waals surface area (Å²) < 4.78 is 16.9. The molecule has 0 aromatic heterocycles. The standard InChI is InChI=1S/C22H29NO3/c1-14(2)21(18-6-7-19-20(12-18)26-9-8-25-19)23-13-17-10-15(3)22(24-5)16(4)11-17/h6-7,10-12,14,21,23H,8-9,13H2,1-5H3. The second kappa shape index (κ2) is 8.00. The van der Waals surface area contributed by atoms with Crippen LogP contribution in [0.3, 0.4) is 0 Å². The molecule has 0 bridgehead atoms. The van der Waals surface area contributed by atoms with Gasteiger partial charge in [-0.15, -0.1) is 0 Å². The summed E-state index contributed by atoms with van der Waals surface area (Å²) in [6.45, 7) is 10.7. The zero-order chi connectivity index (χ0) is 18.7. The number of hydrogen-bond donors (Lipinski definition) is 1. The lowest BCUT2D eigenvalue weighted by molar-refractivity contribution is 0.171. The SMILES string of the molecule is COc1c(C)cc(CNC(c2ccc3c(c2)OCCO3)C(C)C)cc1C. The smallest absolute Gasteiger partial charge is 0.161 e. The van der Waals surface area contributed by atoms with E-state index >= 15 is 0 Å². The average molecular weight is 355 g/mol. The van der Waals surface area contributed by atoms with Crippen molar-refractivity contribution in [2.24, 2.45) is 5.92 Å². The van der Waals surface area contributed by atoms with Crippen molar-refractivity contribution >= 4 is 0 Å². The fraction of sp³-hybridized carbons (Fsp3) is 0.455. The fourth-order valence-corrected chi connectivity index (χ4v) is 3.68. The molecule has 0 radical (unpaired) electrons. The van der Waals surface area contributed by atoms with Crippen LogP contribution >= 0.6 is 0 Å². The van der Waals surface area contributed by atoms with Gasteiger partial charge in [-0.05, 0) is 54.2 Å². The van der Waals surface area contributed by atoms with Crippen LogP contribution in [0, 0.1) is 19.8 Å². The summed E-state index contributed by atoms with van der Waals surface area (Å²) in [7, 11) is 1.73. The first-order valence-corrected chi connectivity index (χ1v) is 9.26. The molecule has 0 saturated heterocycles. The van der Waals surface area contributed by atoms with Gasteiger partial charge in [0.25, 0.3) is 0 Å². The minimum atomic E-state index is 0.244. The number of ether oxygens (including phenoxy) is 3.